The van der Waals surface area contributed by atoms with E-state index >= 15 is 0 Å². The monoisotopic (exact) mass is 379 g/mol. The Kier molecular flexibility index (Phi) is 5.07. The van der Waals surface area contributed by atoms with Gasteiger partial charge in [0.05, 0.1) is 18.4 Å². The number of hydrogen-bond donors (Lipinski definition) is 0. The quantitative estimate of drug-likeness (QED) is 0.425. The normalized spacial score (nSPS) is 11.0. The Morgan fingerprint density at radius 2 is 1.81 bits per heavy atom. The van der Waals surface area contributed by atoms with Crippen molar-refractivity contribution < 1.29 is 8.81 Å². The van der Waals surface area contributed by atoms with Crippen molar-refractivity contribution in [3.05, 3.63) is 89.6 Å². The van der Waals surface area contributed by atoms with E-state index in [9.17, 15) is 4.39 Å². The molecule has 27 heavy (non-hydrogen) atoms. The molecule has 4 aromatic rings. The third-order valence-corrected chi connectivity index (χ3v) is 5.29. The van der Waals surface area contributed by atoms with E-state index in [-0.39, 0.29) is 5.82 Å². The first-order valence-corrected chi connectivity index (χ1v) is 9.58. The van der Waals surface area contributed by atoms with Crippen LogP contribution in [-0.2, 0) is 12.3 Å². The van der Waals surface area contributed by atoms with E-state index in [2.05, 4.69) is 26.9 Å². The predicted octanol–water partition coefficient (Wildman–Crippen LogP) is 5.33. The van der Waals surface area contributed by atoms with Gasteiger partial charge in [-0.25, -0.2) is 4.39 Å². The molecule has 6 heteroatoms. The molecule has 0 spiro atoms. The first-order chi connectivity index (χ1) is 13.2. The van der Waals surface area contributed by atoms with Crippen molar-refractivity contribution in [2.75, 3.05) is 0 Å². The lowest BCUT2D eigenvalue weighted by Gasteiger charge is -2.10. The van der Waals surface area contributed by atoms with Crippen LogP contribution in [0.1, 0.15) is 16.9 Å². The molecule has 0 aliphatic heterocycles. The molecule has 0 N–H and O–H groups in total. The highest BCUT2D eigenvalue weighted by Gasteiger charge is 2.18. The van der Waals surface area contributed by atoms with Crippen LogP contribution in [-0.4, -0.2) is 14.8 Å². The second-order valence-electron chi connectivity index (χ2n) is 6.19. The molecule has 0 saturated carbocycles. The molecule has 2 aromatic heterocycles. The first kappa shape index (κ1) is 17.5. The lowest BCUT2D eigenvalue weighted by atomic mass is 10.2. The van der Waals surface area contributed by atoms with Gasteiger partial charge in [-0.2, -0.15) is 0 Å². The zero-order valence-corrected chi connectivity index (χ0v) is 15.6. The molecule has 0 amide bonds. The Hall–Kier alpha value is -2.86. The summed E-state index contributed by atoms with van der Waals surface area (Å²) in [6.45, 7) is 2.57. The maximum atomic E-state index is 13.4. The maximum absolute atomic E-state index is 13.4. The number of halogens is 1. The minimum absolute atomic E-state index is 0.228. The molecule has 0 bridgehead atoms. The van der Waals surface area contributed by atoms with Crippen molar-refractivity contribution in [2.45, 2.75) is 24.4 Å². The Morgan fingerprint density at radius 1 is 1.00 bits per heavy atom. The average molecular weight is 379 g/mol. The molecule has 4 nitrogen and oxygen atoms in total. The molecule has 4 rings (SSSR count). The van der Waals surface area contributed by atoms with Gasteiger partial charge in [-0.05, 0) is 36.2 Å². The molecule has 2 heterocycles. The first-order valence-electron chi connectivity index (χ1n) is 8.59. The zero-order valence-electron chi connectivity index (χ0n) is 14.8. The highest BCUT2D eigenvalue weighted by atomic mass is 32.2. The molecule has 136 valence electrons. The van der Waals surface area contributed by atoms with Crippen LogP contribution < -0.4 is 0 Å². The van der Waals surface area contributed by atoms with E-state index in [0.29, 0.717) is 12.3 Å². The lowest BCUT2D eigenvalue weighted by Crippen LogP contribution is -2.04. The smallest absolute Gasteiger partial charge is 0.192 e. The third-order valence-electron chi connectivity index (χ3n) is 4.26. The van der Waals surface area contributed by atoms with Crippen LogP contribution in [0.2, 0.25) is 0 Å². The van der Waals surface area contributed by atoms with Gasteiger partial charge in [0, 0.05) is 5.75 Å². The highest BCUT2D eigenvalue weighted by molar-refractivity contribution is 7.98. The fourth-order valence-corrected chi connectivity index (χ4v) is 3.78. The Bertz CT molecular complexity index is 1040. The topological polar surface area (TPSA) is 43.9 Å². The van der Waals surface area contributed by atoms with Crippen LogP contribution >= 0.6 is 11.8 Å². The molecule has 0 aliphatic rings. The molecule has 0 aliphatic carbocycles. The average Bonchev–Trinajstić information content (AvgIpc) is 3.27. The van der Waals surface area contributed by atoms with Gasteiger partial charge in [0.15, 0.2) is 11.0 Å². The van der Waals surface area contributed by atoms with Crippen LogP contribution in [0.5, 0.6) is 0 Å². The van der Waals surface area contributed by atoms with Crippen LogP contribution in [0.4, 0.5) is 4.39 Å². The molecule has 0 unspecified atom stereocenters. The van der Waals surface area contributed by atoms with Gasteiger partial charge in [0.2, 0.25) is 0 Å². The second-order valence-corrected chi connectivity index (χ2v) is 7.13. The maximum Gasteiger partial charge on any atom is 0.192 e. The zero-order chi connectivity index (χ0) is 18.6. The summed E-state index contributed by atoms with van der Waals surface area (Å²) in [6, 6.07) is 18.7. The van der Waals surface area contributed by atoms with Crippen molar-refractivity contribution in [3.63, 3.8) is 0 Å². The Labute approximate surface area is 161 Å². The minimum Gasteiger partial charge on any atom is -0.469 e. The van der Waals surface area contributed by atoms with Crippen LogP contribution in [0.25, 0.3) is 11.4 Å². The Morgan fingerprint density at radius 3 is 2.56 bits per heavy atom. The van der Waals surface area contributed by atoms with Crippen molar-refractivity contribution in [1.82, 2.24) is 14.8 Å². The Balaban J connectivity index is 1.66. The fraction of sp³-hybridized carbons (Fsp3) is 0.143. The largest absolute Gasteiger partial charge is 0.469 e. The van der Waals surface area contributed by atoms with Gasteiger partial charge in [-0.3, -0.25) is 4.57 Å². The number of benzene rings is 2. The molecule has 2 aromatic carbocycles. The summed E-state index contributed by atoms with van der Waals surface area (Å²) in [6.07, 6.45) is 1.66. The predicted molar refractivity (Wildman–Crippen MR) is 104 cm³/mol. The van der Waals surface area contributed by atoms with E-state index in [0.717, 1.165) is 33.4 Å². The minimum atomic E-state index is -0.228. The summed E-state index contributed by atoms with van der Waals surface area (Å²) >= 11 is 1.54. The van der Waals surface area contributed by atoms with Gasteiger partial charge in [0.25, 0.3) is 0 Å². The number of aromatic nitrogens is 3. The number of thioether (sulfide) groups is 1. The number of furan rings is 1. The van der Waals surface area contributed by atoms with Gasteiger partial charge in [-0.15, -0.1) is 10.2 Å². The standard InChI is InChI=1S/C21H18FN3OS/c1-15-19(10-11-26-15)20-23-24-21(25(20)13-16-6-3-2-4-7-16)27-14-17-8-5-9-18(22)12-17/h2-12H,13-14H2,1H3. The lowest BCUT2D eigenvalue weighted by molar-refractivity contribution is 0.534. The molecular weight excluding hydrogens is 361 g/mol. The summed E-state index contributed by atoms with van der Waals surface area (Å²) in [4.78, 5) is 0. The van der Waals surface area contributed by atoms with E-state index in [4.69, 9.17) is 4.42 Å². The van der Waals surface area contributed by atoms with Crippen LogP contribution in [0, 0.1) is 12.7 Å². The fourth-order valence-electron chi connectivity index (χ4n) is 2.89. The summed E-state index contributed by atoms with van der Waals surface area (Å²) in [7, 11) is 0. The molecule has 0 saturated heterocycles. The SMILES string of the molecule is Cc1occc1-c1nnc(SCc2cccc(F)c2)n1Cc1ccccc1. The van der Waals surface area contributed by atoms with Gasteiger partial charge < -0.3 is 4.42 Å². The van der Waals surface area contributed by atoms with Crippen molar-refractivity contribution >= 4 is 11.8 Å². The van der Waals surface area contributed by atoms with Gasteiger partial charge in [0.1, 0.15) is 11.6 Å². The van der Waals surface area contributed by atoms with E-state index < -0.39 is 0 Å². The van der Waals surface area contributed by atoms with Gasteiger partial charge >= 0.3 is 0 Å². The molecule has 0 atom stereocenters. The molecule has 0 fully saturated rings. The second kappa shape index (κ2) is 7.80. The van der Waals surface area contributed by atoms with Gasteiger partial charge in [-0.1, -0.05) is 54.2 Å². The summed E-state index contributed by atoms with van der Waals surface area (Å²) in [5, 5.41) is 9.58. The number of rotatable bonds is 6. The third kappa shape index (κ3) is 3.95. The number of aryl methyl sites for hydroxylation is 1. The number of nitrogens with zero attached hydrogens (tertiary/aromatic N) is 3. The number of hydrogen-bond acceptors (Lipinski definition) is 4. The van der Waals surface area contributed by atoms with Crippen molar-refractivity contribution in [2.24, 2.45) is 0 Å². The van der Waals surface area contributed by atoms with E-state index in [1.54, 1.807) is 30.2 Å². The van der Waals surface area contributed by atoms with Crippen molar-refractivity contribution in [1.29, 1.82) is 0 Å². The molecule has 0 radical (unpaired) electrons. The van der Waals surface area contributed by atoms with Crippen molar-refractivity contribution in [3.8, 4) is 11.4 Å². The van der Waals surface area contributed by atoms with Crippen LogP contribution in [0.15, 0.2) is 76.5 Å². The van der Waals surface area contributed by atoms with Crippen LogP contribution in [0.3, 0.4) is 0 Å². The molecular formula is C21H18FN3OS. The summed E-state index contributed by atoms with van der Waals surface area (Å²) in [5.41, 5.74) is 3.00. The summed E-state index contributed by atoms with van der Waals surface area (Å²) in [5.74, 6) is 1.97. The highest BCUT2D eigenvalue weighted by Crippen LogP contribution is 2.29. The van der Waals surface area contributed by atoms with E-state index in [1.807, 2.05) is 37.3 Å². The summed E-state index contributed by atoms with van der Waals surface area (Å²) < 4.78 is 21.0. The van der Waals surface area contributed by atoms with E-state index in [1.165, 1.54) is 6.07 Å².